The molecule has 0 amide bonds. The van der Waals surface area contributed by atoms with E-state index in [1.54, 1.807) is 17.1 Å². The zero-order valence-corrected chi connectivity index (χ0v) is 9.36. The van der Waals surface area contributed by atoms with Gasteiger partial charge in [-0.3, -0.25) is 4.68 Å². The van der Waals surface area contributed by atoms with Crippen molar-refractivity contribution in [3.63, 3.8) is 0 Å². The summed E-state index contributed by atoms with van der Waals surface area (Å²) in [6.45, 7) is 2.91. The van der Waals surface area contributed by atoms with Gasteiger partial charge in [0.05, 0.1) is 12.4 Å². The van der Waals surface area contributed by atoms with Gasteiger partial charge in [-0.05, 0) is 24.6 Å². The minimum atomic E-state index is -0.865. The fourth-order valence-corrected chi connectivity index (χ4v) is 1.39. The van der Waals surface area contributed by atoms with Gasteiger partial charge >= 0.3 is 0 Å². The first-order chi connectivity index (χ1) is 8.19. The second-order valence-electron chi connectivity index (χ2n) is 3.57. The van der Waals surface area contributed by atoms with Crippen LogP contribution in [0, 0.1) is 11.6 Å². The Morgan fingerprint density at radius 3 is 2.76 bits per heavy atom. The molecule has 3 nitrogen and oxygen atoms in total. The maximum Gasteiger partial charge on any atom is 0.159 e. The smallest absolute Gasteiger partial charge is 0.159 e. The van der Waals surface area contributed by atoms with Crippen LogP contribution in [-0.4, -0.2) is 9.78 Å². The number of nitrogens with zero attached hydrogens (tertiary/aromatic N) is 2. The molecule has 90 valence electrons. The van der Waals surface area contributed by atoms with Crippen molar-refractivity contribution in [2.24, 2.45) is 0 Å². The molecule has 0 fully saturated rings. The molecular formula is C12H12F2N2O. The van der Waals surface area contributed by atoms with E-state index in [1.165, 1.54) is 6.07 Å². The third-order valence-electron chi connectivity index (χ3n) is 2.32. The topological polar surface area (TPSA) is 27.1 Å². The van der Waals surface area contributed by atoms with E-state index in [1.807, 2.05) is 6.92 Å². The molecule has 0 saturated heterocycles. The first-order valence-corrected chi connectivity index (χ1v) is 5.28. The largest absolute Gasteiger partial charge is 0.486 e. The molecule has 0 saturated carbocycles. The minimum Gasteiger partial charge on any atom is -0.486 e. The van der Waals surface area contributed by atoms with Crippen LogP contribution in [0.15, 0.2) is 30.6 Å². The first kappa shape index (κ1) is 11.6. The van der Waals surface area contributed by atoms with E-state index in [-0.39, 0.29) is 6.61 Å². The Kier molecular flexibility index (Phi) is 3.37. The van der Waals surface area contributed by atoms with Gasteiger partial charge in [0.15, 0.2) is 17.4 Å². The summed E-state index contributed by atoms with van der Waals surface area (Å²) < 4.78 is 32.7. The van der Waals surface area contributed by atoms with Gasteiger partial charge in [0.25, 0.3) is 0 Å². The van der Waals surface area contributed by atoms with Crippen LogP contribution in [0.4, 0.5) is 8.78 Å². The number of benzene rings is 1. The Bertz CT molecular complexity index is 511. The molecule has 2 rings (SSSR count). The highest BCUT2D eigenvalue weighted by Gasteiger charge is 2.04. The molecule has 0 atom stereocenters. The Balaban J connectivity index is 1.99. The summed E-state index contributed by atoms with van der Waals surface area (Å²) in [7, 11) is 0. The van der Waals surface area contributed by atoms with Crippen molar-refractivity contribution in [1.82, 2.24) is 9.78 Å². The molecule has 0 aliphatic heterocycles. The standard InChI is InChI=1S/C12H12F2N2O/c1-2-16-7-10(6-15-16)17-8-9-3-4-11(13)12(14)5-9/h3-7H,2,8H2,1H3. The Morgan fingerprint density at radius 2 is 2.12 bits per heavy atom. The maximum absolute atomic E-state index is 12.9. The van der Waals surface area contributed by atoms with Crippen LogP contribution in [0.25, 0.3) is 0 Å². The van der Waals surface area contributed by atoms with Crippen molar-refractivity contribution in [1.29, 1.82) is 0 Å². The van der Waals surface area contributed by atoms with E-state index in [4.69, 9.17) is 4.74 Å². The molecule has 2 aromatic rings. The number of hydrogen-bond donors (Lipinski definition) is 0. The van der Waals surface area contributed by atoms with Crippen LogP contribution in [0.1, 0.15) is 12.5 Å². The van der Waals surface area contributed by atoms with Crippen molar-refractivity contribution >= 4 is 0 Å². The van der Waals surface area contributed by atoms with Gasteiger partial charge in [-0.2, -0.15) is 5.10 Å². The van der Waals surface area contributed by atoms with Crippen molar-refractivity contribution in [2.75, 3.05) is 0 Å². The Hall–Kier alpha value is -1.91. The van der Waals surface area contributed by atoms with Crippen molar-refractivity contribution in [2.45, 2.75) is 20.1 Å². The molecule has 1 heterocycles. The molecule has 1 aromatic carbocycles. The summed E-state index contributed by atoms with van der Waals surface area (Å²) in [6, 6.07) is 3.70. The van der Waals surface area contributed by atoms with E-state index >= 15 is 0 Å². The number of ether oxygens (including phenoxy) is 1. The summed E-state index contributed by atoms with van der Waals surface area (Å²) in [4.78, 5) is 0. The second kappa shape index (κ2) is 4.95. The van der Waals surface area contributed by atoms with Gasteiger partial charge in [0.2, 0.25) is 0 Å². The molecule has 1 aromatic heterocycles. The SMILES string of the molecule is CCn1cc(OCc2ccc(F)c(F)c2)cn1. The highest BCUT2D eigenvalue weighted by Crippen LogP contribution is 2.13. The minimum absolute atomic E-state index is 0.187. The lowest BCUT2D eigenvalue weighted by molar-refractivity contribution is 0.304. The van der Waals surface area contributed by atoms with E-state index in [2.05, 4.69) is 5.10 Å². The Morgan fingerprint density at radius 1 is 1.29 bits per heavy atom. The zero-order valence-electron chi connectivity index (χ0n) is 9.36. The average Bonchev–Trinajstić information content (AvgIpc) is 2.79. The van der Waals surface area contributed by atoms with Crippen LogP contribution in [0.5, 0.6) is 5.75 Å². The number of aryl methyl sites for hydroxylation is 1. The molecular weight excluding hydrogens is 226 g/mol. The van der Waals surface area contributed by atoms with Crippen LogP contribution >= 0.6 is 0 Å². The number of halogens is 2. The summed E-state index contributed by atoms with van der Waals surface area (Å²) in [6.07, 6.45) is 3.34. The predicted octanol–water partition coefficient (Wildman–Crippen LogP) is 2.76. The van der Waals surface area contributed by atoms with E-state index in [0.29, 0.717) is 11.3 Å². The molecule has 0 spiro atoms. The molecule has 5 heteroatoms. The summed E-state index contributed by atoms with van der Waals surface area (Å²) >= 11 is 0. The number of hydrogen-bond acceptors (Lipinski definition) is 2. The third kappa shape index (κ3) is 2.81. The fraction of sp³-hybridized carbons (Fsp3) is 0.250. The van der Waals surface area contributed by atoms with Crippen molar-refractivity contribution < 1.29 is 13.5 Å². The van der Waals surface area contributed by atoms with E-state index in [0.717, 1.165) is 18.7 Å². The highest BCUT2D eigenvalue weighted by molar-refractivity contribution is 5.19. The molecule has 0 N–H and O–H groups in total. The molecule has 0 aliphatic carbocycles. The normalized spacial score (nSPS) is 10.5. The maximum atomic E-state index is 12.9. The van der Waals surface area contributed by atoms with Crippen LogP contribution in [0.2, 0.25) is 0 Å². The third-order valence-corrected chi connectivity index (χ3v) is 2.32. The fourth-order valence-electron chi connectivity index (χ4n) is 1.39. The van der Waals surface area contributed by atoms with E-state index in [9.17, 15) is 8.78 Å². The molecule has 0 aliphatic rings. The summed E-state index contributed by atoms with van der Waals surface area (Å²) in [5, 5.41) is 4.04. The summed E-state index contributed by atoms with van der Waals surface area (Å²) in [5.74, 6) is -1.11. The molecule has 0 bridgehead atoms. The lowest BCUT2D eigenvalue weighted by atomic mass is 10.2. The second-order valence-corrected chi connectivity index (χ2v) is 3.57. The lowest BCUT2D eigenvalue weighted by Gasteiger charge is -2.03. The Labute approximate surface area is 97.6 Å². The first-order valence-electron chi connectivity index (χ1n) is 5.28. The van der Waals surface area contributed by atoms with Gasteiger partial charge < -0.3 is 4.74 Å². The predicted molar refractivity (Wildman–Crippen MR) is 58.6 cm³/mol. The number of aromatic nitrogens is 2. The summed E-state index contributed by atoms with van der Waals surface area (Å²) in [5.41, 5.74) is 0.577. The highest BCUT2D eigenvalue weighted by atomic mass is 19.2. The zero-order chi connectivity index (χ0) is 12.3. The monoisotopic (exact) mass is 238 g/mol. The van der Waals surface area contributed by atoms with Crippen molar-refractivity contribution in [3.8, 4) is 5.75 Å². The lowest BCUT2D eigenvalue weighted by Crippen LogP contribution is -1.97. The molecule has 17 heavy (non-hydrogen) atoms. The van der Waals surface area contributed by atoms with E-state index < -0.39 is 11.6 Å². The van der Waals surface area contributed by atoms with Gasteiger partial charge in [0, 0.05) is 6.54 Å². The van der Waals surface area contributed by atoms with Gasteiger partial charge in [0.1, 0.15) is 6.61 Å². The quantitative estimate of drug-likeness (QED) is 0.819. The van der Waals surface area contributed by atoms with Crippen molar-refractivity contribution in [3.05, 3.63) is 47.8 Å². The molecule has 0 radical (unpaired) electrons. The van der Waals surface area contributed by atoms with Gasteiger partial charge in [-0.15, -0.1) is 0 Å². The van der Waals surface area contributed by atoms with Crippen LogP contribution < -0.4 is 4.74 Å². The molecule has 0 unspecified atom stereocenters. The number of rotatable bonds is 4. The van der Waals surface area contributed by atoms with Gasteiger partial charge in [-0.1, -0.05) is 6.07 Å². The van der Waals surface area contributed by atoms with Crippen LogP contribution in [0.3, 0.4) is 0 Å². The van der Waals surface area contributed by atoms with Gasteiger partial charge in [-0.25, -0.2) is 8.78 Å². The van der Waals surface area contributed by atoms with Crippen LogP contribution in [-0.2, 0) is 13.2 Å². The average molecular weight is 238 g/mol.